The molecular weight excluding hydrogens is 482 g/mol. The molecule has 0 fully saturated rings. The van der Waals surface area contributed by atoms with Crippen molar-refractivity contribution >= 4 is 56.5 Å². The molecule has 152 valence electrons. The molecular formula is C19H12Cl4O5S. The van der Waals surface area contributed by atoms with Gasteiger partial charge in [-0.1, -0.05) is 82.8 Å². The minimum Gasteiger partial charge on any atom is -0.508 e. The van der Waals surface area contributed by atoms with Gasteiger partial charge in [-0.25, -0.2) is 0 Å². The first kappa shape index (κ1) is 22.0. The molecule has 3 N–H and O–H groups in total. The lowest BCUT2D eigenvalue weighted by Crippen LogP contribution is -2.38. The van der Waals surface area contributed by atoms with Gasteiger partial charge in [0.25, 0.3) is 10.1 Å². The molecule has 0 saturated carbocycles. The molecule has 10 heteroatoms. The zero-order chi connectivity index (χ0) is 21.6. The second-order valence-electron chi connectivity index (χ2n) is 6.03. The predicted octanol–water partition coefficient (Wildman–Crippen LogP) is 5.89. The summed E-state index contributed by atoms with van der Waals surface area (Å²) >= 11 is 24.4. The van der Waals surface area contributed by atoms with Gasteiger partial charge in [-0.05, 0) is 18.2 Å². The van der Waals surface area contributed by atoms with Crippen LogP contribution in [0.2, 0.25) is 20.1 Å². The van der Waals surface area contributed by atoms with E-state index in [1.54, 1.807) is 0 Å². The van der Waals surface area contributed by atoms with Gasteiger partial charge >= 0.3 is 0 Å². The Hall–Kier alpha value is -1.67. The second kappa shape index (κ2) is 7.87. The summed E-state index contributed by atoms with van der Waals surface area (Å²) in [7, 11) is -5.16. The number of rotatable bonds is 4. The van der Waals surface area contributed by atoms with E-state index in [4.69, 9.17) is 46.4 Å². The maximum Gasteiger partial charge on any atom is 0.283 e. The fraction of sp³-hybridized carbons (Fsp3) is 0.0526. The van der Waals surface area contributed by atoms with Crippen molar-refractivity contribution in [3.63, 3.8) is 0 Å². The molecule has 29 heavy (non-hydrogen) atoms. The molecule has 1 unspecified atom stereocenters. The number of halogens is 4. The summed E-state index contributed by atoms with van der Waals surface area (Å²) in [4.78, 5) is 0. The van der Waals surface area contributed by atoms with Crippen LogP contribution in [-0.4, -0.2) is 23.2 Å². The summed E-state index contributed by atoms with van der Waals surface area (Å²) in [5, 5.41) is 20.6. The predicted molar refractivity (Wildman–Crippen MR) is 114 cm³/mol. The average Bonchev–Trinajstić information content (AvgIpc) is 2.65. The third-order valence-electron chi connectivity index (χ3n) is 4.45. The molecule has 0 aliphatic carbocycles. The van der Waals surface area contributed by atoms with Crippen molar-refractivity contribution in [2.75, 3.05) is 0 Å². The van der Waals surface area contributed by atoms with Gasteiger partial charge in [0, 0.05) is 16.7 Å². The topological polar surface area (TPSA) is 94.8 Å². The Morgan fingerprint density at radius 3 is 1.90 bits per heavy atom. The van der Waals surface area contributed by atoms with Crippen molar-refractivity contribution in [3.8, 4) is 11.5 Å². The lowest BCUT2D eigenvalue weighted by atomic mass is 9.83. The van der Waals surface area contributed by atoms with Crippen LogP contribution < -0.4 is 0 Å². The third-order valence-corrected chi connectivity index (χ3v) is 7.50. The van der Waals surface area contributed by atoms with E-state index < -0.39 is 26.4 Å². The first-order valence-corrected chi connectivity index (χ1v) is 10.9. The Kier molecular flexibility index (Phi) is 5.98. The molecule has 0 bridgehead atoms. The van der Waals surface area contributed by atoms with E-state index in [2.05, 4.69) is 0 Å². The molecule has 0 aliphatic heterocycles. The van der Waals surface area contributed by atoms with Crippen LogP contribution in [0.1, 0.15) is 16.7 Å². The number of para-hydroxylation sites is 1. The lowest BCUT2D eigenvalue weighted by molar-refractivity contribution is 0.428. The van der Waals surface area contributed by atoms with Crippen molar-refractivity contribution in [2.24, 2.45) is 0 Å². The number of aromatic hydroxyl groups is 2. The summed E-state index contributed by atoms with van der Waals surface area (Å²) in [5.41, 5.74) is -0.857. The van der Waals surface area contributed by atoms with E-state index in [-0.39, 0.29) is 36.8 Å². The first-order valence-electron chi connectivity index (χ1n) is 7.91. The van der Waals surface area contributed by atoms with E-state index in [1.807, 2.05) is 0 Å². The van der Waals surface area contributed by atoms with Crippen LogP contribution in [-0.2, 0) is 14.9 Å². The summed E-state index contributed by atoms with van der Waals surface area (Å²) in [6, 6.07) is 11.9. The second-order valence-corrected chi connectivity index (χ2v) is 9.17. The normalized spacial score (nSPS) is 13.8. The van der Waals surface area contributed by atoms with E-state index in [0.29, 0.717) is 0 Å². The molecule has 0 heterocycles. The fourth-order valence-electron chi connectivity index (χ4n) is 3.22. The van der Waals surface area contributed by atoms with Gasteiger partial charge in [-0.2, -0.15) is 8.42 Å². The zero-order valence-corrected chi connectivity index (χ0v) is 18.1. The summed E-state index contributed by atoms with van der Waals surface area (Å²) in [5.74, 6) is -1.19. The molecule has 0 spiro atoms. The molecule has 3 rings (SSSR count). The number of benzene rings is 3. The summed E-state index contributed by atoms with van der Waals surface area (Å²) < 4.78 is 33.9. The molecule has 5 nitrogen and oxygen atoms in total. The van der Waals surface area contributed by atoms with Crippen molar-refractivity contribution in [2.45, 2.75) is 4.75 Å². The van der Waals surface area contributed by atoms with Crippen LogP contribution in [0.4, 0.5) is 0 Å². The maximum absolute atomic E-state index is 13.0. The van der Waals surface area contributed by atoms with E-state index >= 15 is 0 Å². The third kappa shape index (κ3) is 3.44. The van der Waals surface area contributed by atoms with Gasteiger partial charge in [0.05, 0.1) is 15.1 Å². The Morgan fingerprint density at radius 2 is 1.28 bits per heavy atom. The van der Waals surface area contributed by atoms with Crippen LogP contribution in [0.3, 0.4) is 0 Å². The van der Waals surface area contributed by atoms with Crippen molar-refractivity contribution in [1.82, 2.24) is 0 Å². The smallest absolute Gasteiger partial charge is 0.283 e. The van der Waals surface area contributed by atoms with Gasteiger partial charge in [0.15, 0.2) is 4.75 Å². The van der Waals surface area contributed by atoms with Gasteiger partial charge in [-0.3, -0.25) is 4.55 Å². The monoisotopic (exact) mass is 492 g/mol. The Bertz CT molecular complexity index is 1210. The van der Waals surface area contributed by atoms with Crippen molar-refractivity contribution in [1.29, 1.82) is 0 Å². The Labute approximate surface area is 186 Å². The Balaban J connectivity index is 2.66. The quantitative estimate of drug-likeness (QED) is 0.311. The average molecular weight is 494 g/mol. The molecule has 0 saturated heterocycles. The van der Waals surface area contributed by atoms with Crippen molar-refractivity contribution in [3.05, 3.63) is 91.4 Å². The van der Waals surface area contributed by atoms with Gasteiger partial charge < -0.3 is 10.2 Å². The highest BCUT2D eigenvalue weighted by atomic mass is 35.5. The van der Waals surface area contributed by atoms with Crippen LogP contribution >= 0.6 is 46.4 Å². The Morgan fingerprint density at radius 1 is 0.690 bits per heavy atom. The van der Waals surface area contributed by atoms with E-state index in [9.17, 15) is 23.2 Å². The molecule has 0 amide bonds. The minimum absolute atomic E-state index is 0.00726. The summed E-state index contributed by atoms with van der Waals surface area (Å²) in [6.45, 7) is 0. The van der Waals surface area contributed by atoms with Gasteiger partial charge in [-0.15, -0.1) is 0 Å². The van der Waals surface area contributed by atoms with Crippen LogP contribution in [0, 0.1) is 0 Å². The number of hydrogen-bond acceptors (Lipinski definition) is 4. The first-order chi connectivity index (χ1) is 13.5. The van der Waals surface area contributed by atoms with Gasteiger partial charge in [0.2, 0.25) is 0 Å². The number of phenols is 2. The molecule has 0 aromatic heterocycles. The van der Waals surface area contributed by atoms with Crippen LogP contribution in [0.15, 0.2) is 54.6 Å². The minimum atomic E-state index is -5.16. The zero-order valence-electron chi connectivity index (χ0n) is 14.3. The van der Waals surface area contributed by atoms with Crippen molar-refractivity contribution < 1.29 is 23.2 Å². The van der Waals surface area contributed by atoms with E-state index in [1.165, 1.54) is 54.6 Å². The lowest BCUT2D eigenvalue weighted by Gasteiger charge is -2.34. The highest BCUT2D eigenvalue weighted by Crippen LogP contribution is 2.53. The highest BCUT2D eigenvalue weighted by molar-refractivity contribution is 7.87. The molecule has 0 radical (unpaired) electrons. The maximum atomic E-state index is 13.0. The molecule has 3 aromatic rings. The number of phenolic OH excluding ortho intramolecular Hbond substituents is 2. The largest absolute Gasteiger partial charge is 0.508 e. The summed E-state index contributed by atoms with van der Waals surface area (Å²) in [6.07, 6.45) is 0. The molecule has 3 aromatic carbocycles. The molecule has 1 atom stereocenters. The standard InChI is InChI=1S/C19H12Cl4O5S/c20-13-6-3-5-11(16(13)22)19(29(26,27)28,10-4-1-2-7-15(10)24)12-8-9-14(21)17(23)18(12)25/h1-9,24-25H,(H,26,27,28). The number of hydrogen-bond donors (Lipinski definition) is 3. The van der Waals surface area contributed by atoms with Gasteiger partial charge in [0.1, 0.15) is 16.5 Å². The van der Waals surface area contributed by atoms with Crippen LogP contribution in [0.5, 0.6) is 11.5 Å². The SMILES string of the molecule is O=S(=O)(O)C(c1ccccc1O)(c1ccc(Cl)c(Cl)c1O)c1cccc(Cl)c1Cl. The van der Waals surface area contributed by atoms with Crippen LogP contribution in [0.25, 0.3) is 0 Å². The molecule has 0 aliphatic rings. The van der Waals surface area contributed by atoms with E-state index in [0.717, 1.165) is 0 Å². The highest BCUT2D eigenvalue weighted by Gasteiger charge is 2.53. The fourth-order valence-corrected chi connectivity index (χ4v) is 5.38.